The van der Waals surface area contributed by atoms with E-state index in [1.165, 1.54) is 19.5 Å². The van der Waals surface area contributed by atoms with Crippen molar-refractivity contribution in [2.75, 3.05) is 32.8 Å². The van der Waals surface area contributed by atoms with Gasteiger partial charge < -0.3 is 15.7 Å². The quantitative estimate of drug-likeness (QED) is 0.442. The second kappa shape index (κ2) is 4.66. The van der Waals surface area contributed by atoms with Crippen LogP contribution in [0.25, 0.3) is 0 Å². The summed E-state index contributed by atoms with van der Waals surface area (Å²) in [5, 5.41) is 14.8. The fourth-order valence-electron chi connectivity index (χ4n) is 1.06. The van der Waals surface area contributed by atoms with E-state index in [2.05, 4.69) is 10.6 Å². The number of aliphatic hydroxyl groups excluding tert-OH is 1. The molecule has 1 aliphatic rings. The van der Waals surface area contributed by atoms with Crippen molar-refractivity contribution in [1.29, 1.82) is 0 Å². The first kappa shape index (κ1) is 7.98. The molecule has 0 aromatic heterocycles. The smallest absolute Gasteiger partial charge is 0.0555 e. The molecule has 0 atom stereocenters. The molecular weight excluding hydrogens is 128 g/mol. The highest BCUT2D eigenvalue weighted by molar-refractivity contribution is 4.74. The van der Waals surface area contributed by atoms with Crippen LogP contribution in [0.3, 0.4) is 0 Å². The molecular formula is C7H16N2O. The van der Waals surface area contributed by atoms with Gasteiger partial charge in [-0.15, -0.1) is 0 Å². The van der Waals surface area contributed by atoms with Crippen LogP contribution in [-0.2, 0) is 0 Å². The van der Waals surface area contributed by atoms with Crippen LogP contribution < -0.4 is 10.6 Å². The van der Waals surface area contributed by atoms with E-state index in [4.69, 9.17) is 5.11 Å². The lowest BCUT2D eigenvalue weighted by atomic mass is 10.00. The Balaban J connectivity index is 1.76. The van der Waals surface area contributed by atoms with E-state index in [1.807, 2.05) is 0 Å². The van der Waals surface area contributed by atoms with Crippen LogP contribution in [0, 0.1) is 5.92 Å². The first-order valence-corrected chi connectivity index (χ1v) is 3.96. The van der Waals surface area contributed by atoms with Crippen molar-refractivity contribution in [1.82, 2.24) is 10.6 Å². The van der Waals surface area contributed by atoms with Gasteiger partial charge >= 0.3 is 0 Å². The van der Waals surface area contributed by atoms with E-state index in [0.29, 0.717) is 0 Å². The molecule has 0 amide bonds. The highest BCUT2D eigenvalue weighted by Crippen LogP contribution is 2.05. The molecule has 0 radical (unpaired) electrons. The molecule has 3 N–H and O–H groups in total. The molecule has 3 nitrogen and oxygen atoms in total. The van der Waals surface area contributed by atoms with E-state index >= 15 is 0 Å². The zero-order valence-electron chi connectivity index (χ0n) is 6.27. The van der Waals surface area contributed by atoms with Gasteiger partial charge in [0.2, 0.25) is 0 Å². The second-order valence-corrected chi connectivity index (χ2v) is 2.79. The Labute approximate surface area is 61.8 Å². The van der Waals surface area contributed by atoms with Crippen molar-refractivity contribution in [2.45, 2.75) is 6.42 Å². The van der Waals surface area contributed by atoms with Crippen LogP contribution in [-0.4, -0.2) is 37.9 Å². The van der Waals surface area contributed by atoms with Crippen molar-refractivity contribution in [3.63, 3.8) is 0 Å². The van der Waals surface area contributed by atoms with Gasteiger partial charge in [0.1, 0.15) is 0 Å². The molecule has 1 fully saturated rings. The first-order valence-electron chi connectivity index (χ1n) is 3.96. The molecule has 1 heterocycles. The Morgan fingerprint density at radius 2 is 2.20 bits per heavy atom. The predicted molar refractivity (Wildman–Crippen MR) is 40.9 cm³/mol. The second-order valence-electron chi connectivity index (χ2n) is 2.79. The Bertz CT molecular complexity index is 83.7. The highest BCUT2D eigenvalue weighted by Gasteiger charge is 2.14. The van der Waals surface area contributed by atoms with Crippen LogP contribution >= 0.6 is 0 Å². The van der Waals surface area contributed by atoms with Gasteiger partial charge in [-0.2, -0.15) is 0 Å². The van der Waals surface area contributed by atoms with Crippen LogP contribution in [0.1, 0.15) is 6.42 Å². The van der Waals surface area contributed by atoms with Crippen molar-refractivity contribution in [3.05, 3.63) is 0 Å². The minimum absolute atomic E-state index is 0.253. The molecule has 1 rings (SSSR count). The van der Waals surface area contributed by atoms with Gasteiger partial charge in [-0.3, -0.25) is 0 Å². The lowest BCUT2D eigenvalue weighted by molar-refractivity contribution is 0.282. The molecule has 0 aromatic carbocycles. The highest BCUT2D eigenvalue weighted by atomic mass is 16.3. The van der Waals surface area contributed by atoms with Crippen molar-refractivity contribution in [3.8, 4) is 0 Å². The molecule has 10 heavy (non-hydrogen) atoms. The summed E-state index contributed by atoms with van der Waals surface area (Å²) >= 11 is 0. The van der Waals surface area contributed by atoms with Gasteiger partial charge in [-0.1, -0.05) is 0 Å². The number of hydrogen-bond acceptors (Lipinski definition) is 3. The number of rotatable bonds is 5. The molecule has 0 unspecified atom stereocenters. The maximum atomic E-state index is 8.43. The summed E-state index contributed by atoms with van der Waals surface area (Å²) < 4.78 is 0. The summed E-state index contributed by atoms with van der Waals surface area (Å²) in [4.78, 5) is 0. The molecule has 0 saturated carbocycles. The van der Waals surface area contributed by atoms with E-state index in [-0.39, 0.29) is 6.61 Å². The summed E-state index contributed by atoms with van der Waals surface area (Å²) in [6, 6.07) is 0. The molecule has 1 saturated heterocycles. The topological polar surface area (TPSA) is 44.3 Å². The average Bonchev–Trinajstić information content (AvgIpc) is 1.84. The summed E-state index contributed by atoms with van der Waals surface area (Å²) in [5.74, 6) is 0.881. The number of aliphatic hydroxyl groups is 1. The van der Waals surface area contributed by atoms with E-state index in [0.717, 1.165) is 19.0 Å². The average molecular weight is 144 g/mol. The van der Waals surface area contributed by atoms with Gasteiger partial charge in [0.05, 0.1) is 6.61 Å². The van der Waals surface area contributed by atoms with Gasteiger partial charge in [0.15, 0.2) is 0 Å². The Morgan fingerprint density at radius 3 is 2.70 bits per heavy atom. The Kier molecular flexibility index (Phi) is 3.72. The maximum Gasteiger partial charge on any atom is 0.0555 e. The molecule has 60 valence electrons. The largest absolute Gasteiger partial charge is 0.395 e. The van der Waals surface area contributed by atoms with Crippen LogP contribution in [0.15, 0.2) is 0 Å². The van der Waals surface area contributed by atoms with Crippen molar-refractivity contribution >= 4 is 0 Å². The first-order chi connectivity index (χ1) is 4.93. The van der Waals surface area contributed by atoms with E-state index < -0.39 is 0 Å². The van der Waals surface area contributed by atoms with Gasteiger partial charge in [0.25, 0.3) is 0 Å². The molecule has 0 spiro atoms. The van der Waals surface area contributed by atoms with Gasteiger partial charge in [-0.05, 0) is 32.0 Å². The zero-order valence-corrected chi connectivity index (χ0v) is 6.27. The third kappa shape index (κ3) is 2.64. The number of nitrogens with one attached hydrogen (secondary N) is 2. The minimum Gasteiger partial charge on any atom is -0.395 e. The normalized spacial score (nSPS) is 18.9. The third-order valence-corrected chi connectivity index (χ3v) is 1.88. The van der Waals surface area contributed by atoms with Crippen LogP contribution in [0.4, 0.5) is 0 Å². The van der Waals surface area contributed by atoms with Gasteiger partial charge in [0, 0.05) is 6.54 Å². The Hall–Kier alpha value is -0.120. The summed E-state index contributed by atoms with van der Waals surface area (Å²) in [7, 11) is 0. The fraction of sp³-hybridized carbons (Fsp3) is 1.00. The standard InChI is InChI=1S/C7H16N2O/c10-4-3-8-2-1-7-5-9-6-7/h7-10H,1-6H2. The minimum atomic E-state index is 0.253. The van der Waals surface area contributed by atoms with Crippen LogP contribution in [0.2, 0.25) is 0 Å². The molecule has 0 aromatic rings. The lowest BCUT2D eigenvalue weighted by Crippen LogP contribution is -2.43. The lowest BCUT2D eigenvalue weighted by Gasteiger charge is -2.26. The molecule has 0 bridgehead atoms. The third-order valence-electron chi connectivity index (χ3n) is 1.88. The summed E-state index contributed by atoms with van der Waals surface area (Å²) in [5.41, 5.74) is 0. The van der Waals surface area contributed by atoms with Crippen molar-refractivity contribution in [2.24, 2.45) is 5.92 Å². The SMILES string of the molecule is OCCNCCC1CNC1. The maximum absolute atomic E-state index is 8.43. The Morgan fingerprint density at radius 1 is 1.40 bits per heavy atom. The molecule has 0 aliphatic carbocycles. The van der Waals surface area contributed by atoms with E-state index in [1.54, 1.807) is 0 Å². The monoisotopic (exact) mass is 144 g/mol. The zero-order chi connectivity index (χ0) is 7.23. The van der Waals surface area contributed by atoms with Crippen molar-refractivity contribution < 1.29 is 5.11 Å². The number of hydrogen-bond donors (Lipinski definition) is 3. The predicted octanol–water partition coefficient (Wildman–Crippen LogP) is -0.822. The molecule has 1 aliphatic heterocycles. The fourth-order valence-corrected chi connectivity index (χ4v) is 1.06. The summed E-state index contributed by atoms with van der Waals surface area (Å²) in [6.45, 7) is 4.40. The summed E-state index contributed by atoms with van der Waals surface area (Å²) in [6.07, 6.45) is 1.24. The van der Waals surface area contributed by atoms with Gasteiger partial charge in [-0.25, -0.2) is 0 Å². The van der Waals surface area contributed by atoms with Crippen LogP contribution in [0.5, 0.6) is 0 Å². The molecule has 3 heteroatoms. The van der Waals surface area contributed by atoms with E-state index in [9.17, 15) is 0 Å².